The van der Waals surface area contributed by atoms with Crippen molar-refractivity contribution < 1.29 is 4.74 Å². The van der Waals surface area contributed by atoms with Crippen molar-refractivity contribution in [3.63, 3.8) is 0 Å². The van der Waals surface area contributed by atoms with Crippen LogP contribution in [0.4, 0.5) is 0 Å². The van der Waals surface area contributed by atoms with E-state index in [9.17, 15) is 0 Å². The molecule has 0 aliphatic carbocycles. The maximum absolute atomic E-state index is 5.12. The molecule has 1 aromatic rings. The first-order chi connectivity index (χ1) is 7.86. The average Bonchev–Trinajstić information content (AvgIpc) is 2.34. The summed E-state index contributed by atoms with van der Waals surface area (Å²) in [6.45, 7) is 4.31. The third-order valence-corrected chi connectivity index (χ3v) is 2.70. The normalized spacial score (nSPS) is 10.4. The second-order valence-electron chi connectivity index (χ2n) is 4.09. The lowest BCUT2D eigenvalue weighted by Gasteiger charge is -2.05. The molecule has 0 atom stereocenters. The summed E-state index contributed by atoms with van der Waals surface area (Å²) in [5.74, 6) is 0.923. The van der Waals surface area contributed by atoms with E-state index in [1.54, 1.807) is 7.11 Å². The summed E-state index contributed by atoms with van der Waals surface area (Å²) in [7, 11) is 1.70. The predicted molar refractivity (Wildman–Crippen MR) is 68.8 cm³/mol. The number of ether oxygens (including phenoxy) is 1. The van der Waals surface area contributed by atoms with Crippen LogP contribution in [0.2, 0.25) is 0 Å². The van der Waals surface area contributed by atoms with Gasteiger partial charge in [-0.05, 0) is 30.7 Å². The molecule has 0 saturated heterocycles. The van der Waals surface area contributed by atoms with Crippen molar-refractivity contribution in [1.29, 1.82) is 0 Å². The van der Waals surface area contributed by atoms with Gasteiger partial charge in [0.05, 0.1) is 7.11 Å². The van der Waals surface area contributed by atoms with Crippen LogP contribution >= 0.6 is 0 Å². The maximum Gasteiger partial charge on any atom is 0.118 e. The Hall–Kier alpha value is -1.02. The van der Waals surface area contributed by atoms with Gasteiger partial charge in [-0.3, -0.25) is 0 Å². The Labute approximate surface area is 99.0 Å². The average molecular weight is 221 g/mol. The Balaban J connectivity index is 2.12. The van der Waals surface area contributed by atoms with Crippen LogP contribution in [0.5, 0.6) is 5.75 Å². The molecule has 0 radical (unpaired) electrons. The van der Waals surface area contributed by atoms with Crippen LogP contribution in [-0.4, -0.2) is 13.7 Å². The molecule has 0 amide bonds. The van der Waals surface area contributed by atoms with Crippen molar-refractivity contribution in [2.45, 2.75) is 39.2 Å². The van der Waals surface area contributed by atoms with Crippen LogP contribution in [0.3, 0.4) is 0 Å². The molecule has 2 nitrogen and oxygen atoms in total. The number of hydrogen-bond donors (Lipinski definition) is 1. The Bertz CT molecular complexity index is 269. The molecule has 0 bridgehead atoms. The van der Waals surface area contributed by atoms with Crippen LogP contribution in [0.1, 0.15) is 38.2 Å². The first kappa shape index (κ1) is 13.0. The molecule has 0 spiro atoms. The van der Waals surface area contributed by atoms with E-state index >= 15 is 0 Å². The summed E-state index contributed by atoms with van der Waals surface area (Å²) >= 11 is 0. The number of nitrogens with one attached hydrogen (secondary N) is 1. The van der Waals surface area contributed by atoms with Crippen molar-refractivity contribution in [2.24, 2.45) is 0 Å². The van der Waals surface area contributed by atoms with Gasteiger partial charge in [-0.15, -0.1) is 0 Å². The zero-order valence-electron chi connectivity index (χ0n) is 10.5. The molecule has 16 heavy (non-hydrogen) atoms. The highest BCUT2D eigenvalue weighted by atomic mass is 16.5. The molecule has 0 aromatic heterocycles. The minimum Gasteiger partial charge on any atom is -0.497 e. The van der Waals surface area contributed by atoms with E-state index in [2.05, 4.69) is 24.4 Å². The molecule has 90 valence electrons. The lowest BCUT2D eigenvalue weighted by atomic mass is 10.2. The first-order valence-electron chi connectivity index (χ1n) is 6.20. The fraction of sp³-hybridized carbons (Fsp3) is 0.571. The van der Waals surface area contributed by atoms with Gasteiger partial charge in [-0.25, -0.2) is 0 Å². The van der Waals surface area contributed by atoms with E-state index in [1.807, 2.05) is 12.1 Å². The zero-order valence-corrected chi connectivity index (χ0v) is 10.5. The maximum atomic E-state index is 5.12. The molecule has 0 fully saturated rings. The molecule has 1 N–H and O–H groups in total. The standard InChI is InChI=1S/C14H23NO/c1-3-4-5-6-11-15-12-13-7-9-14(16-2)10-8-13/h7-10,15H,3-6,11-12H2,1-2H3. The van der Waals surface area contributed by atoms with Crippen molar-refractivity contribution >= 4 is 0 Å². The second-order valence-corrected chi connectivity index (χ2v) is 4.09. The molecular weight excluding hydrogens is 198 g/mol. The lowest BCUT2D eigenvalue weighted by Crippen LogP contribution is -2.14. The molecule has 0 aliphatic heterocycles. The summed E-state index contributed by atoms with van der Waals surface area (Å²) in [6.07, 6.45) is 5.28. The summed E-state index contributed by atoms with van der Waals surface area (Å²) in [5.41, 5.74) is 1.32. The van der Waals surface area contributed by atoms with Gasteiger partial charge in [0.15, 0.2) is 0 Å². The summed E-state index contributed by atoms with van der Waals surface area (Å²) in [5, 5.41) is 3.46. The van der Waals surface area contributed by atoms with Gasteiger partial charge in [0.2, 0.25) is 0 Å². The quantitative estimate of drug-likeness (QED) is 0.680. The van der Waals surface area contributed by atoms with Crippen LogP contribution < -0.4 is 10.1 Å². The van der Waals surface area contributed by atoms with Gasteiger partial charge in [-0.1, -0.05) is 38.3 Å². The molecule has 2 heteroatoms. The van der Waals surface area contributed by atoms with Gasteiger partial charge >= 0.3 is 0 Å². The first-order valence-corrected chi connectivity index (χ1v) is 6.20. The van der Waals surface area contributed by atoms with Crippen LogP contribution in [0.15, 0.2) is 24.3 Å². The van der Waals surface area contributed by atoms with Crippen LogP contribution in [-0.2, 0) is 6.54 Å². The minimum absolute atomic E-state index is 0.923. The van der Waals surface area contributed by atoms with Crippen molar-refractivity contribution in [2.75, 3.05) is 13.7 Å². The van der Waals surface area contributed by atoms with Crippen LogP contribution in [0, 0.1) is 0 Å². The monoisotopic (exact) mass is 221 g/mol. The van der Waals surface area contributed by atoms with Gasteiger partial charge in [0, 0.05) is 6.54 Å². The highest BCUT2D eigenvalue weighted by Crippen LogP contribution is 2.10. The number of unbranched alkanes of at least 4 members (excludes halogenated alkanes) is 3. The van der Waals surface area contributed by atoms with Gasteiger partial charge in [0.25, 0.3) is 0 Å². The highest BCUT2D eigenvalue weighted by molar-refractivity contribution is 5.26. The van der Waals surface area contributed by atoms with E-state index in [-0.39, 0.29) is 0 Å². The van der Waals surface area contributed by atoms with Gasteiger partial charge < -0.3 is 10.1 Å². The second kappa shape index (κ2) is 8.17. The SMILES string of the molecule is CCCCCCNCc1ccc(OC)cc1. The lowest BCUT2D eigenvalue weighted by molar-refractivity contribution is 0.414. The summed E-state index contributed by atoms with van der Waals surface area (Å²) in [4.78, 5) is 0. The molecule has 0 saturated carbocycles. The predicted octanol–water partition coefficient (Wildman–Crippen LogP) is 3.37. The molecular formula is C14H23NO. The van der Waals surface area contributed by atoms with E-state index < -0.39 is 0 Å². The Kier molecular flexibility index (Phi) is 6.66. The van der Waals surface area contributed by atoms with Crippen molar-refractivity contribution in [3.8, 4) is 5.75 Å². The Morgan fingerprint density at radius 1 is 1.06 bits per heavy atom. The van der Waals surface area contributed by atoms with E-state index in [4.69, 9.17) is 4.74 Å². The van der Waals surface area contributed by atoms with Gasteiger partial charge in [0.1, 0.15) is 5.75 Å². The molecule has 0 aliphatic rings. The van der Waals surface area contributed by atoms with Crippen molar-refractivity contribution in [3.05, 3.63) is 29.8 Å². The third-order valence-electron chi connectivity index (χ3n) is 2.70. The van der Waals surface area contributed by atoms with Crippen LogP contribution in [0.25, 0.3) is 0 Å². The molecule has 1 rings (SSSR count). The smallest absolute Gasteiger partial charge is 0.118 e. The molecule has 1 aromatic carbocycles. The highest BCUT2D eigenvalue weighted by Gasteiger charge is 1.94. The van der Waals surface area contributed by atoms with E-state index in [0.29, 0.717) is 0 Å². The topological polar surface area (TPSA) is 21.3 Å². The number of benzene rings is 1. The summed E-state index contributed by atoms with van der Waals surface area (Å²) < 4.78 is 5.12. The summed E-state index contributed by atoms with van der Waals surface area (Å²) in [6, 6.07) is 8.23. The molecule has 0 heterocycles. The van der Waals surface area contributed by atoms with Gasteiger partial charge in [-0.2, -0.15) is 0 Å². The molecule has 0 unspecified atom stereocenters. The van der Waals surface area contributed by atoms with Crippen molar-refractivity contribution in [1.82, 2.24) is 5.32 Å². The Morgan fingerprint density at radius 3 is 2.44 bits per heavy atom. The number of hydrogen-bond acceptors (Lipinski definition) is 2. The van der Waals surface area contributed by atoms with E-state index in [1.165, 1.54) is 31.2 Å². The number of rotatable bonds is 8. The largest absolute Gasteiger partial charge is 0.497 e. The fourth-order valence-corrected chi connectivity index (χ4v) is 1.65. The third kappa shape index (κ3) is 5.17. The minimum atomic E-state index is 0.923. The zero-order chi connectivity index (χ0) is 11.6. The number of methoxy groups -OCH3 is 1. The van der Waals surface area contributed by atoms with E-state index in [0.717, 1.165) is 18.8 Å². The Morgan fingerprint density at radius 2 is 1.81 bits per heavy atom. The fourth-order valence-electron chi connectivity index (χ4n) is 1.65.